The van der Waals surface area contributed by atoms with E-state index in [1.165, 1.54) is 0 Å². The maximum absolute atomic E-state index is 12.9. The Morgan fingerprint density at radius 1 is 0.905 bits per heavy atom. The van der Waals surface area contributed by atoms with Crippen molar-refractivity contribution in [3.63, 3.8) is 0 Å². The summed E-state index contributed by atoms with van der Waals surface area (Å²) in [5.41, 5.74) is -1.89. The van der Waals surface area contributed by atoms with Gasteiger partial charge in [0, 0.05) is 5.41 Å². The molecule has 0 rings (SSSR count). The molecule has 0 aliphatic heterocycles. The first kappa shape index (κ1) is 20.6. The highest BCUT2D eigenvalue weighted by Gasteiger charge is 2.44. The molecule has 0 N–H and O–H groups in total. The SMILES string of the molecule is CC(C)OC(C)(C)C(=O)C(C)(C)CC(C)(C)OC(C)(C)C. The zero-order chi connectivity index (χ0) is 17.3. The van der Waals surface area contributed by atoms with Crippen LogP contribution in [0, 0.1) is 5.41 Å². The molecule has 3 heteroatoms. The van der Waals surface area contributed by atoms with Crippen LogP contribution in [0.1, 0.15) is 82.6 Å². The van der Waals surface area contributed by atoms with Crippen molar-refractivity contribution in [3.8, 4) is 0 Å². The Morgan fingerprint density at radius 3 is 1.67 bits per heavy atom. The zero-order valence-electron chi connectivity index (χ0n) is 16.0. The summed E-state index contributed by atoms with van der Waals surface area (Å²) in [5.74, 6) is 0.120. The molecule has 0 aromatic carbocycles. The highest BCUT2D eigenvalue weighted by molar-refractivity contribution is 5.91. The van der Waals surface area contributed by atoms with Gasteiger partial charge >= 0.3 is 0 Å². The van der Waals surface area contributed by atoms with Gasteiger partial charge in [-0.1, -0.05) is 13.8 Å². The Labute approximate surface area is 131 Å². The van der Waals surface area contributed by atoms with Crippen molar-refractivity contribution < 1.29 is 14.3 Å². The first-order valence-corrected chi connectivity index (χ1v) is 7.91. The first-order valence-electron chi connectivity index (χ1n) is 7.91. The third kappa shape index (κ3) is 7.42. The van der Waals surface area contributed by atoms with Crippen LogP contribution in [0.15, 0.2) is 0 Å². The van der Waals surface area contributed by atoms with Crippen molar-refractivity contribution in [1.29, 1.82) is 0 Å². The van der Waals surface area contributed by atoms with E-state index in [-0.39, 0.29) is 23.1 Å². The van der Waals surface area contributed by atoms with E-state index in [0.717, 1.165) is 0 Å². The second-order valence-corrected chi connectivity index (χ2v) is 9.04. The van der Waals surface area contributed by atoms with Crippen LogP contribution in [0.25, 0.3) is 0 Å². The van der Waals surface area contributed by atoms with Gasteiger partial charge in [-0.3, -0.25) is 4.79 Å². The zero-order valence-corrected chi connectivity index (χ0v) is 16.0. The van der Waals surface area contributed by atoms with Gasteiger partial charge in [0.1, 0.15) is 5.60 Å². The number of Topliss-reactive ketones (excluding diaryl/α,β-unsaturated/α-hetero) is 1. The summed E-state index contributed by atoms with van der Waals surface area (Å²) in [6, 6.07) is 0. The molecule has 0 aromatic rings. The normalized spacial score (nSPS) is 14.7. The van der Waals surface area contributed by atoms with Crippen molar-refractivity contribution in [2.24, 2.45) is 5.41 Å². The van der Waals surface area contributed by atoms with E-state index in [4.69, 9.17) is 9.47 Å². The summed E-state index contributed by atoms with van der Waals surface area (Å²) >= 11 is 0. The fourth-order valence-electron chi connectivity index (χ4n) is 3.47. The van der Waals surface area contributed by atoms with E-state index in [1.54, 1.807) is 0 Å². The van der Waals surface area contributed by atoms with E-state index in [2.05, 4.69) is 0 Å². The Kier molecular flexibility index (Phi) is 6.25. The minimum Gasteiger partial charge on any atom is -0.370 e. The molecule has 0 atom stereocenters. The molecule has 0 heterocycles. The molecule has 0 fully saturated rings. The predicted octanol–water partition coefficient (Wildman–Crippen LogP) is 4.77. The third-order valence-electron chi connectivity index (χ3n) is 3.14. The lowest BCUT2D eigenvalue weighted by Crippen LogP contribution is -2.49. The quantitative estimate of drug-likeness (QED) is 0.679. The summed E-state index contributed by atoms with van der Waals surface area (Å²) in [4.78, 5) is 12.9. The number of ether oxygens (including phenoxy) is 2. The molecule has 126 valence electrons. The third-order valence-corrected chi connectivity index (χ3v) is 3.14. The van der Waals surface area contributed by atoms with Crippen LogP contribution in [0.5, 0.6) is 0 Å². The second-order valence-electron chi connectivity index (χ2n) is 9.04. The monoisotopic (exact) mass is 300 g/mol. The Balaban J connectivity index is 5.09. The summed E-state index contributed by atoms with van der Waals surface area (Å²) < 4.78 is 11.9. The molecular formula is C18H36O3. The summed E-state index contributed by atoms with van der Waals surface area (Å²) in [6.45, 7) is 21.8. The molecule has 0 bridgehead atoms. The molecular weight excluding hydrogens is 264 g/mol. The van der Waals surface area contributed by atoms with Crippen LogP contribution in [0.2, 0.25) is 0 Å². The fourth-order valence-corrected chi connectivity index (χ4v) is 3.47. The first-order chi connectivity index (χ1) is 8.99. The van der Waals surface area contributed by atoms with Gasteiger partial charge in [-0.05, 0) is 68.7 Å². The van der Waals surface area contributed by atoms with Crippen LogP contribution >= 0.6 is 0 Å². The van der Waals surface area contributed by atoms with Crippen molar-refractivity contribution in [2.75, 3.05) is 0 Å². The van der Waals surface area contributed by atoms with Crippen LogP contribution in [0.3, 0.4) is 0 Å². The Bertz CT molecular complexity index is 357. The molecule has 0 aliphatic carbocycles. The largest absolute Gasteiger partial charge is 0.370 e. The number of ketones is 1. The van der Waals surface area contributed by atoms with E-state index in [1.807, 2.05) is 76.2 Å². The number of carbonyl (C=O) groups excluding carboxylic acids is 1. The molecule has 0 aliphatic rings. The van der Waals surface area contributed by atoms with E-state index in [9.17, 15) is 4.79 Å². The van der Waals surface area contributed by atoms with Crippen molar-refractivity contribution in [1.82, 2.24) is 0 Å². The van der Waals surface area contributed by atoms with Gasteiger partial charge in [0.05, 0.1) is 17.3 Å². The average Bonchev–Trinajstić information content (AvgIpc) is 2.07. The number of rotatable bonds is 7. The Morgan fingerprint density at radius 2 is 1.33 bits per heavy atom. The van der Waals surface area contributed by atoms with Crippen molar-refractivity contribution >= 4 is 5.78 Å². The van der Waals surface area contributed by atoms with Gasteiger partial charge in [-0.2, -0.15) is 0 Å². The number of carbonyl (C=O) groups is 1. The standard InChI is InChI=1S/C18H36O3/c1-13(2)20-18(10,11)14(19)16(6,7)12-17(8,9)21-15(3,4)5/h13H,12H2,1-11H3. The van der Waals surface area contributed by atoms with Gasteiger partial charge in [-0.15, -0.1) is 0 Å². The van der Waals surface area contributed by atoms with Crippen molar-refractivity contribution in [2.45, 2.75) is 105 Å². The molecule has 0 amide bonds. The van der Waals surface area contributed by atoms with E-state index < -0.39 is 11.0 Å². The van der Waals surface area contributed by atoms with Gasteiger partial charge in [0.15, 0.2) is 5.78 Å². The van der Waals surface area contributed by atoms with Gasteiger partial charge in [0.25, 0.3) is 0 Å². The van der Waals surface area contributed by atoms with Crippen LogP contribution in [-0.4, -0.2) is 28.7 Å². The van der Waals surface area contributed by atoms with Crippen molar-refractivity contribution in [3.05, 3.63) is 0 Å². The number of hydrogen-bond acceptors (Lipinski definition) is 3. The van der Waals surface area contributed by atoms with E-state index in [0.29, 0.717) is 6.42 Å². The minimum absolute atomic E-state index is 0.0265. The molecule has 0 spiro atoms. The second kappa shape index (κ2) is 6.37. The van der Waals surface area contributed by atoms with Crippen LogP contribution < -0.4 is 0 Å². The predicted molar refractivity (Wildman–Crippen MR) is 88.6 cm³/mol. The topological polar surface area (TPSA) is 35.5 Å². The highest BCUT2D eigenvalue weighted by Crippen LogP contribution is 2.37. The molecule has 21 heavy (non-hydrogen) atoms. The van der Waals surface area contributed by atoms with Crippen LogP contribution in [0.4, 0.5) is 0 Å². The maximum atomic E-state index is 12.9. The highest BCUT2D eigenvalue weighted by atomic mass is 16.5. The Hall–Kier alpha value is -0.410. The lowest BCUT2D eigenvalue weighted by Gasteiger charge is -2.41. The number of hydrogen-bond donors (Lipinski definition) is 0. The molecule has 3 nitrogen and oxygen atoms in total. The van der Waals surface area contributed by atoms with Gasteiger partial charge < -0.3 is 9.47 Å². The lowest BCUT2D eigenvalue weighted by molar-refractivity contribution is -0.164. The molecule has 0 saturated heterocycles. The minimum atomic E-state index is -0.782. The molecule has 0 radical (unpaired) electrons. The molecule has 0 unspecified atom stereocenters. The summed E-state index contributed by atoms with van der Waals surface area (Å²) in [6.07, 6.45) is 0.680. The van der Waals surface area contributed by atoms with E-state index >= 15 is 0 Å². The van der Waals surface area contributed by atoms with Crippen LogP contribution in [-0.2, 0) is 14.3 Å². The fraction of sp³-hybridized carbons (Fsp3) is 0.944. The molecule has 0 saturated carbocycles. The molecule has 0 aromatic heterocycles. The van der Waals surface area contributed by atoms with Gasteiger partial charge in [-0.25, -0.2) is 0 Å². The van der Waals surface area contributed by atoms with Gasteiger partial charge in [0.2, 0.25) is 0 Å². The summed E-state index contributed by atoms with van der Waals surface area (Å²) in [5, 5.41) is 0. The maximum Gasteiger partial charge on any atom is 0.169 e. The average molecular weight is 300 g/mol. The smallest absolute Gasteiger partial charge is 0.169 e. The summed E-state index contributed by atoms with van der Waals surface area (Å²) in [7, 11) is 0. The lowest BCUT2D eigenvalue weighted by atomic mass is 9.73.